The number of hydrogen-bond donors (Lipinski definition) is 1. The highest BCUT2D eigenvalue weighted by Crippen LogP contribution is 2.03. The minimum atomic E-state index is 0.0767. The quantitative estimate of drug-likeness (QED) is 0.732. The van der Waals surface area contributed by atoms with Gasteiger partial charge in [-0.1, -0.05) is 30.3 Å². The van der Waals surface area contributed by atoms with Crippen molar-refractivity contribution >= 4 is 17.7 Å². The summed E-state index contributed by atoms with van der Waals surface area (Å²) in [4.78, 5) is 11.5. The van der Waals surface area contributed by atoms with Crippen LogP contribution in [-0.2, 0) is 11.2 Å². The Balaban J connectivity index is 2.02. The van der Waals surface area contributed by atoms with E-state index in [2.05, 4.69) is 23.5 Å². The Hall–Kier alpha value is -1.47. The number of carbonyl (C=O) groups is 1. The first kappa shape index (κ1) is 14.6. The van der Waals surface area contributed by atoms with Crippen molar-refractivity contribution < 1.29 is 4.79 Å². The van der Waals surface area contributed by atoms with Crippen molar-refractivity contribution in [3.05, 3.63) is 35.9 Å². The van der Waals surface area contributed by atoms with Gasteiger partial charge in [0.1, 0.15) is 0 Å². The van der Waals surface area contributed by atoms with E-state index in [1.54, 1.807) is 11.8 Å². The molecule has 0 atom stereocenters. The van der Waals surface area contributed by atoms with Crippen LogP contribution in [0.25, 0.3) is 0 Å². The number of thioether (sulfide) groups is 1. The molecule has 0 aromatic heterocycles. The number of rotatable bonds is 8. The standard InChI is InChI=1S/C14H18N2OS/c15-9-4-5-11-18-12-14(17)16-10-8-13-6-2-1-3-7-13/h1-3,6-7H,4-5,8,10-12H2,(H,16,17). The van der Waals surface area contributed by atoms with Crippen molar-refractivity contribution in [1.29, 1.82) is 5.26 Å². The highest BCUT2D eigenvalue weighted by Gasteiger charge is 2.00. The molecule has 1 rings (SSSR count). The molecule has 0 spiro atoms. The Morgan fingerprint density at radius 2 is 2.11 bits per heavy atom. The number of carbonyl (C=O) groups excluding carboxylic acids is 1. The second-order valence-electron chi connectivity index (χ2n) is 3.90. The molecule has 0 radical (unpaired) electrons. The lowest BCUT2D eigenvalue weighted by Gasteiger charge is -2.05. The fourth-order valence-corrected chi connectivity index (χ4v) is 2.24. The van der Waals surface area contributed by atoms with Crippen molar-refractivity contribution in [2.45, 2.75) is 19.3 Å². The lowest BCUT2D eigenvalue weighted by Crippen LogP contribution is -2.27. The van der Waals surface area contributed by atoms with E-state index in [1.807, 2.05) is 18.2 Å². The van der Waals surface area contributed by atoms with Gasteiger partial charge in [-0.2, -0.15) is 17.0 Å². The molecule has 3 nitrogen and oxygen atoms in total. The summed E-state index contributed by atoms with van der Waals surface area (Å²) in [7, 11) is 0. The molecule has 0 unspecified atom stereocenters. The Morgan fingerprint density at radius 1 is 1.33 bits per heavy atom. The van der Waals surface area contributed by atoms with E-state index in [1.165, 1.54) is 5.56 Å². The van der Waals surface area contributed by atoms with Crippen molar-refractivity contribution in [2.75, 3.05) is 18.1 Å². The van der Waals surface area contributed by atoms with Crippen molar-refractivity contribution in [3.8, 4) is 6.07 Å². The van der Waals surface area contributed by atoms with Crippen LogP contribution in [0.5, 0.6) is 0 Å². The third-order valence-corrected chi connectivity index (χ3v) is 3.43. The van der Waals surface area contributed by atoms with Crippen LogP contribution in [0.2, 0.25) is 0 Å². The Bertz CT molecular complexity index is 387. The number of benzene rings is 1. The summed E-state index contributed by atoms with van der Waals surface area (Å²) in [6, 6.07) is 12.2. The van der Waals surface area contributed by atoms with Gasteiger partial charge in [0.25, 0.3) is 0 Å². The van der Waals surface area contributed by atoms with E-state index < -0.39 is 0 Å². The molecule has 0 saturated carbocycles. The van der Waals surface area contributed by atoms with E-state index in [9.17, 15) is 4.79 Å². The number of unbranched alkanes of at least 4 members (excludes halogenated alkanes) is 1. The lowest BCUT2D eigenvalue weighted by atomic mass is 10.1. The summed E-state index contributed by atoms with van der Waals surface area (Å²) < 4.78 is 0. The molecular weight excluding hydrogens is 244 g/mol. The molecule has 0 heterocycles. The smallest absolute Gasteiger partial charge is 0.230 e. The molecule has 0 bridgehead atoms. The van der Waals surface area contributed by atoms with Crippen LogP contribution in [0.4, 0.5) is 0 Å². The number of nitrogens with zero attached hydrogens (tertiary/aromatic N) is 1. The fourth-order valence-electron chi connectivity index (χ4n) is 1.46. The zero-order chi connectivity index (χ0) is 13.1. The third kappa shape index (κ3) is 6.97. The summed E-state index contributed by atoms with van der Waals surface area (Å²) in [6.45, 7) is 0.682. The van der Waals surface area contributed by atoms with Gasteiger partial charge in [0.15, 0.2) is 0 Å². The predicted molar refractivity (Wildman–Crippen MR) is 75.3 cm³/mol. The van der Waals surface area contributed by atoms with Gasteiger partial charge in [0.2, 0.25) is 5.91 Å². The largest absolute Gasteiger partial charge is 0.355 e. The molecular formula is C14H18N2OS. The third-order valence-electron chi connectivity index (χ3n) is 2.39. The van der Waals surface area contributed by atoms with E-state index in [4.69, 9.17) is 5.26 Å². The Morgan fingerprint density at radius 3 is 2.83 bits per heavy atom. The SMILES string of the molecule is N#CCCCSCC(=O)NCCc1ccccc1. The van der Waals surface area contributed by atoms with E-state index in [0.717, 1.165) is 18.6 Å². The van der Waals surface area contributed by atoms with Gasteiger partial charge in [-0.25, -0.2) is 0 Å². The molecule has 1 aromatic rings. The van der Waals surface area contributed by atoms with E-state index in [-0.39, 0.29) is 5.91 Å². The summed E-state index contributed by atoms with van der Waals surface area (Å²) in [5.41, 5.74) is 1.24. The zero-order valence-electron chi connectivity index (χ0n) is 10.4. The second kappa shape index (κ2) is 9.55. The minimum Gasteiger partial charge on any atom is -0.355 e. The van der Waals surface area contributed by atoms with Crippen LogP contribution in [0.15, 0.2) is 30.3 Å². The summed E-state index contributed by atoms with van der Waals surface area (Å²) in [5, 5.41) is 11.3. The van der Waals surface area contributed by atoms with Crippen LogP contribution < -0.4 is 5.32 Å². The highest BCUT2D eigenvalue weighted by molar-refractivity contribution is 7.99. The maximum absolute atomic E-state index is 11.5. The van der Waals surface area contributed by atoms with Crippen LogP contribution in [0.3, 0.4) is 0 Å². The van der Waals surface area contributed by atoms with Crippen LogP contribution in [0, 0.1) is 11.3 Å². The summed E-state index contributed by atoms with van der Waals surface area (Å²) >= 11 is 1.58. The molecule has 0 aliphatic rings. The first-order valence-electron chi connectivity index (χ1n) is 6.08. The molecule has 0 fully saturated rings. The molecule has 1 amide bonds. The number of hydrogen-bond acceptors (Lipinski definition) is 3. The van der Waals surface area contributed by atoms with Crippen LogP contribution in [-0.4, -0.2) is 24.0 Å². The Kier molecular flexibility index (Phi) is 7.74. The molecule has 0 aliphatic heterocycles. The van der Waals surface area contributed by atoms with E-state index >= 15 is 0 Å². The van der Waals surface area contributed by atoms with Gasteiger partial charge in [-0.05, 0) is 24.2 Å². The monoisotopic (exact) mass is 262 g/mol. The first-order chi connectivity index (χ1) is 8.83. The maximum atomic E-state index is 11.5. The zero-order valence-corrected chi connectivity index (χ0v) is 11.2. The highest BCUT2D eigenvalue weighted by atomic mass is 32.2. The van der Waals surface area contributed by atoms with Gasteiger partial charge in [0, 0.05) is 13.0 Å². The van der Waals surface area contributed by atoms with Crippen LogP contribution >= 0.6 is 11.8 Å². The van der Waals surface area contributed by atoms with Gasteiger partial charge >= 0.3 is 0 Å². The second-order valence-corrected chi connectivity index (χ2v) is 5.00. The molecule has 18 heavy (non-hydrogen) atoms. The van der Waals surface area contributed by atoms with Crippen molar-refractivity contribution in [3.63, 3.8) is 0 Å². The van der Waals surface area contributed by atoms with Gasteiger partial charge in [-0.15, -0.1) is 0 Å². The number of nitriles is 1. The fraction of sp³-hybridized carbons (Fsp3) is 0.429. The molecule has 4 heteroatoms. The Labute approximate surface area is 113 Å². The topological polar surface area (TPSA) is 52.9 Å². The first-order valence-corrected chi connectivity index (χ1v) is 7.23. The molecule has 1 N–H and O–H groups in total. The lowest BCUT2D eigenvalue weighted by molar-refractivity contribution is -0.118. The van der Waals surface area contributed by atoms with Crippen molar-refractivity contribution in [1.82, 2.24) is 5.32 Å². The van der Waals surface area contributed by atoms with Crippen molar-refractivity contribution in [2.24, 2.45) is 0 Å². The molecule has 96 valence electrons. The number of amides is 1. The maximum Gasteiger partial charge on any atom is 0.230 e. The number of nitrogens with one attached hydrogen (secondary N) is 1. The van der Waals surface area contributed by atoms with E-state index in [0.29, 0.717) is 18.7 Å². The van der Waals surface area contributed by atoms with Gasteiger partial charge in [-0.3, -0.25) is 4.79 Å². The predicted octanol–water partition coefficient (Wildman–Crippen LogP) is 2.38. The summed E-state index contributed by atoms with van der Waals surface area (Å²) in [6.07, 6.45) is 2.30. The van der Waals surface area contributed by atoms with Gasteiger partial charge in [0.05, 0.1) is 11.8 Å². The summed E-state index contributed by atoms with van der Waals surface area (Å²) in [5.74, 6) is 1.44. The van der Waals surface area contributed by atoms with Gasteiger partial charge < -0.3 is 5.32 Å². The molecule has 0 aliphatic carbocycles. The average molecular weight is 262 g/mol. The molecule has 1 aromatic carbocycles. The normalized spacial score (nSPS) is 9.72. The average Bonchev–Trinajstić information content (AvgIpc) is 2.40. The molecule has 0 saturated heterocycles. The minimum absolute atomic E-state index is 0.0767. The van der Waals surface area contributed by atoms with Crippen LogP contribution in [0.1, 0.15) is 18.4 Å².